The molecule has 0 radical (unpaired) electrons. The Balaban J connectivity index is 2.54. The first-order chi connectivity index (χ1) is 7.18. The van der Waals surface area contributed by atoms with Crippen LogP contribution in [0.2, 0.25) is 0 Å². The number of hydrogen-bond donors (Lipinski definition) is 2. The molecule has 0 spiro atoms. The Bertz CT molecular complexity index is 538. The molecule has 0 aliphatic rings. The molecule has 1 aromatic heterocycles. The van der Waals surface area contributed by atoms with Crippen LogP contribution in [-0.2, 0) is 4.79 Å². The molecule has 0 saturated carbocycles. The minimum absolute atomic E-state index is 0.899. The van der Waals surface area contributed by atoms with Gasteiger partial charge in [0.2, 0.25) is 0 Å². The van der Waals surface area contributed by atoms with Crippen LogP contribution in [0.1, 0.15) is 11.1 Å². The number of benzene rings is 1. The third-order valence-corrected chi connectivity index (χ3v) is 2.36. The van der Waals surface area contributed by atoms with Crippen LogP contribution in [0.4, 0.5) is 0 Å². The van der Waals surface area contributed by atoms with E-state index in [4.69, 9.17) is 5.11 Å². The number of aromatic nitrogens is 1. The molecule has 0 bridgehead atoms. The number of hydrogen-bond acceptors (Lipinski definition) is 1. The first-order valence-corrected chi connectivity index (χ1v) is 4.66. The lowest BCUT2D eigenvalue weighted by molar-refractivity contribution is -0.131. The summed E-state index contributed by atoms with van der Waals surface area (Å²) in [6.45, 7) is 2.02. The van der Waals surface area contributed by atoms with Gasteiger partial charge in [-0.05, 0) is 18.6 Å². The number of rotatable bonds is 2. The number of carboxylic acids is 1. The van der Waals surface area contributed by atoms with Gasteiger partial charge in [-0.1, -0.05) is 18.2 Å². The summed E-state index contributed by atoms with van der Waals surface area (Å²) in [5.41, 5.74) is 3.11. The number of para-hydroxylation sites is 1. The number of carboxylic acid groups (broad SMARTS) is 1. The van der Waals surface area contributed by atoms with Gasteiger partial charge in [0.1, 0.15) is 0 Å². The number of H-pyrrole nitrogens is 1. The highest BCUT2D eigenvalue weighted by Crippen LogP contribution is 2.21. The molecular weight excluding hydrogens is 190 g/mol. The molecule has 2 N–H and O–H groups in total. The fourth-order valence-corrected chi connectivity index (χ4v) is 1.63. The second-order valence-electron chi connectivity index (χ2n) is 3.41. The highest BCUT2D eigenvalue weighted by molar-refractivity contribution is 5.94. The molecule has 2 rings (SSSR count). The van der Waals surface area contributed by atoms with Crippen LogP contribution >= 0.6 is 0 Å². The summed E-state index contributed by atoms with van der Waals surface area (Å²) in [6.07, 6.45) is 4.56. The minimum Gasteiger partial charge on any atom is -0.478 e. The minimum atomic E-state index is -0.933. The van der Waals surface area contributed by atoms with Crippen molar-refractivity contribution in [2.75, 3.05) is 0 Å². The van der Waals surface area contributed by atoms with Gasteiger partial charge in [-0.25, -0.2) is 4.79 Å². The van der Waals surface area contributed by atoms with Crippen LogP contribution < -0.4 is 0 Å². The van der Waals surface area contributed by atoms with E-state index in [9.17, 15) is 4.79 Å². The second kappa shape index (κ2) is 3.61. The van der Waals surface area contributed by atoms with Crippen molar-refractivity contribution >= 4 is 22.9 Å². The fraction of sp³-hybridized carbons (Fsp3) is 0.0833. The topological polar surface area (TPSA) is 53.1 Å². The van der Waals surface area contributed by atoms with E-state index in [0.717, 1.165) is 28.1 Å². The zero-order valence-electron chi connectivity index (χ0n) is 8.32. The van der Waals surface area contributed by atoms with E-state index in [1.807, 2.05) is 31.3 Å². The normalized spacial score (nSPS) is 11.3. The lowest BCUT2D eigenvalue weighted by Gasteiger charge is -1.95. The lowest BCUT2D eigenvalue weighted by Crippen LogP contribution is -1.85. The maximum Gasteiger partial charge on any atom is 0.328 e. The van der Waals surface area contributed by atoms with E-state index in [1.165, 1.54) is 0 Å². The summed E-state index contributed by atoms with van der Waals surface area (Å²) in [4.78, 5) is 13.5. The summed E-state index contributed by atoms with van der Waals surface area (Å²) in [7, 11) is 0. The Hall–Kier alpha value is -2.03. The predicted octanol–water partition coefficient (Wildman–Crippen LogP) is 2.57. The first-order valence-electron chi connectivity index (χ1n) is 4.66. The van der Waals surface area contributed by atoms with Crippen molar-refractivity contribution in [3.63, 3.8) is 0 Å². The monoisotopic (exact) mass is 201 g/mol. The van der Waals surface area contributed by atoms with Gasteiger partial charge in [0.05, 0.1) is 0 Å². The zero-order chi connectivity index (χ0) is 10.8. The third-order valence-electron chi connectivity index (χ3n) is 2.36. The quantitative estimate of drug-likeness (QED) is 0.734. The van der Waals surface area contributed by atoms with Crippen molar-refractivity contribution < 1.29 is 9.90 Å². The Kier molecular flexibility index (Phi) is 2.29. The van der Waals surface area contributed by atoms with Crippen LogP contribution in [0.5, 0.6) is 0 Å². The Morgan fingerprint density at radius 2 is 2.27 bits per heavy atom. The number of nitrogens with one attached hydrogen (secondary N) is 1. The number of fused-ring (bicyclic) bond motifs is 1. The average molecular weight is 201 g/mol. The predicted molar refractivity (Wildman–Crippen MR) is 59.7 cm³/mol. The molecule has 0 fully saturated rings. The molecule has 1 aromatic carbocycles. The van der Waals surface area contributed by atoms with Crippen LogP contribution in [0.25, 0.3) is 17.0 Å². The summed E-state index contributed by atoms with van der Waals surface area (Å²) < 4.78 is 0. The van der Waals surface area contributed by atoms with Gasteiger partial charge < -0.3 is 10.1 Å². The van der Waals surface area contributed by atoms with Crippen LogP contribution in [-0.4, -0.2) is 16.1 Å². The van der Waals surface area contributed by atoms with Crippen molar-refractivity contribution in [1.29, 1.82) is 0 Å². The Morgan fingerprint density at radius 3 is 3.00 bits per heavy atom. The lowest BCUT2D eigenvalue weighted by atomic mass is 10.1. The number of aliphatic carboxylic acids is 1. The van der Waals surface area contributed by atoms with Gasteiger partial charge in [-0.15, -0.1) is 0 Å². The van der Waals surface area contributed by atoms with Crippen LogP contribution in [0.15, 0.2) is 30.5 Å². The van der Waals surface area contributed by atoms with Crippen molar-refractivity contribution in [2.24, 2.45) is 0 Å². The van der Waals surface area contributed by atoms with Gasteiger partial charge in [-0.3, -0.25) is 0 Å². The van der Waals surface area contributed by atoms with Gasteiger partial charge >= 0.3 is 5.97 Å². The highest BCUT2D eigenvalue weighted by Gasteiger charge is 2.02. The van der Waals surface area contributed by atoms with Crippen molar-refractivity contribution in [1.82, 2.24) is 4.98 Å². The van der Waals surface area contributed by atoms with E-state index in [0.29, 0.717) is 0 Å². The maximum absolute atomic E-state index is 10.4. The molecule has 0 amide bonds. The molecule has 0 aliphatic heterocycles. The molecule has 0 aliphatic carbocycles. The first kappa shape index (κ1) is 9.52. The summed E-state index contributed by atoms with van der Waals surface area (Å²) >= 11 is 0. The smallest absolute Gasteiger partial charge is 0.328 e. The third kappa shape index (κ3) is 1.76. The highest BCUT2D eigenvalue weighted by atomic mass is 16.4. The molecule has 15 heavy (non-hydrogen) atoms. The van der Waals surface area contributed by atoms with E-state index in [-0.39, 0.29) is 0 Å². The number of carbonyl (C=O) groups is 1. The van der Waals surface area contributed by atoms with Gasteiger partial charge in [-0.2, -0.15) is 0 Å². The van der Waals surface area contributed by atoms with Crippen molar-refractivity contribution in [3.05, 3.63) is 41.6 Å². The Morgan fingerprint density at radius 1 is 1.47 bits per heavy atom. The summed E-state index contributed by atoms with van der Waals surface area (Å²) in [5.74, 6) is -0.933. The van der Waals surface area contributed by atoms with Crippen LogP contribution in [0, 0.1) is 6.92 Å². The van der Waals surface area contributed by atoms with Gasteiger partial charge in [0.25, 0.3) is 0 Å². The summed E-state index contributed by atoms with van der Waals surface area (Å²) in [5, 5.41) is 9.59. The fourth-order valence-electron chi connectivity index (χ4n) is 1.63. The van der Waals surface area contributed by atoms with Gasteiger partial charge in [0.15, 0.2) is 0 Å². The molecule has 3 heteroatoms. The van der Waals surface area contributed by atoms with E-state index < -0.39 is 5.97 Å². The Labute approximate surface area is 87.0 Å². The molecule has 3 nitrogen and oxygen atoms in total. The molecule has 76 valence electrons. The zero-order valence-corrected chi connectivity index (χ0v) is 8.32. The van der Waals surface area contributed by atoms with Gasteiger partial charge in [0, 0.05) is 28.7 Å². The largest absolute Gasteiger partial charge is 0.478 e. The SMILES string of the molecule is Cc1cccc2c(/C=C/C(=O)O)c[nH]c12. The number of aromatic amines is 1. The molecule has 0 atom stereocenters. The number of aryl methyl sites for hydroxylation is 1. The second-order valence-corrected chi connectivity index (χ2v) is 3.41. The van der Waals surface area contributed by atoms with Crippen molar-refractivity contribution in [3.8, 4) is 0 Å². The average Bonchev–Trinajstić information content (AvgIpc) is 2.59. The maximum atomic E-state index is 10.4. The molecule has 0 unspecified atom stereocenters. The standard InChI is InChI=1S/C12H11NO2/c1-8-3-2-4-10-9(5-6-11(14)15)7-13-12(8)10/h2-7,13H,1H3,(H,14,15)/b6-5+. The molecule has 1 heterocycles. The molecule has 2 aromatic rings. The van der Waals surface area contributed by atoms with E-state index >= 15 is 0 Å². The summed E-state index contributed by atoms with van der Waals surface area (Å²) in [6, 6.07) is 5.95. The molecular formula is C12H11NO2. The van der Waals surface area contributed by atoms with Crippen molar-refractivity contribution in [2.45, 2.75) is 6.92 Å². The van der Waals surface area contributed by atoms with Crippen LogP contribution in [0.3, 0.4) is 0 Å². The van der Waals surface area contributed by atoms with E-state index in [1.54, 1.807) is 6.08 Å². The molecule has 0 saturated heterocycles. The van der Waals surface area contributed by atoms with E-state index in [2.05, 4.69) is 4.98 Å².